The molecule has 0 atom stereocenters. The number of alkyl halides is 1. The normalized spacial score (nSPS) is 11.4. The standard InChI is InChI=1S/C13H23NOSi.C7H9NO.CH3F/c1-13(2,3)16(4,5)15-10-11-6-8-12(14)9-7-11;8-7-3-1-6(5-9)2-4-7;1-2/h6-9H,10,14H2,1-5H3;1-4,9H,5,8H2;1H3/i;;1D. The molecule has 0 amide bonds. The molecule has 0 saturated heterocycles. The van der Waals surface area contributed by atoms with Gasteiger partial charge in [-0.05, 0) is 53.5 Å². The average molecular weight is 396 g/mol. The molecule has 0 radical (unpaired) electrons. The van der Waals surface area contributed by atoms with Gasteiger partial charge < -0.3 is 21.0 Å². The maximum absolute atomic E-state index is 9.96. The van der Waals surface area contributed by atoms with Crippen LogP contribution in [0.4, 0.5) is 15.8 Å². The van der Waals surface area contributed by atoms with E-state index in [1.807, 2.05) is 24.3 Å². The maximum Gasteiger partial charge on any atom is 0.192 e. The van der Waals surface area contributed by atoms with Gasteiger partial charge in [-0.3, -0.25) is 4.39 Å². The van der Waals surface area contributed by atoms with E-state index in [4.69, 9.17) is 22.4 Å². The van der Waals surface area contributed by atoms with Crippen molar-refractivity contribution in [2.75, 3.05) is 18.6 Å². The van der Waals surface area contributed by atoms with E-state index in [-0.39, 0.29) is 11.6 Å². The topological polar surface area (TPSA) is 81.5 Å². The van der Waals surface area contributed by atoms with Crippen molar-refractivity contribution < 1.29 is 15.3 Å². The van der Waals surface area contributed by atoms with Crippen molar-refractivity contribution in [1.82, 2.24) is 0 Å². The molecule has 0 bridgehead atoms. The van der Waals surface area contributed by atoms with Crippen LogP contribution in [0.5, 0.6) is 0 Å². The van der Waals surface area contributed by atoms with Gasteiger partial charge in [0.25, 0.3) is 0 Å². The number of halogens is 1. The lowest BCUT2D eigenvalue weighted by Crippen LogP contribution is -2.40. The zero-order valence-electron chi connectivity index (χ0n) is 18.1. The molecule has 0 spiro atoms. The van der Waals surface area contributed by atoms with Crippen LogP contribution in [-0.2, 0) is 17.6 Å². The number of nitrogens with two attached hydrogens (primary N) is 2. The van der Waals surface area contributed by atoms with Crippen LogP contribution < -0.4 is 11.5 Å². The van der Waals surface area contributed by atoms with Gasteiger partial charge in [-0.1, -0.05) is 45.0 Å². The average Bonchev–Trinajstić information content (AvgIpc) is 2.62. The Morgan fingerprint density at radius 2 is 1.33 bits per heavy atom. The number of hydrogen-bond donors (Lipinski definition) is 3. The summed E-state index contributed by atoms with van der Waals surface area (Å²) in [7, 11) is -2.63. The zero-order chi connectivity index (χ0) is 21.8. The van der Waals surface area contributed by atoms with E-state index in [1.165, 1.54) is 5.56 Å². The van der Waals surface area contributed by atoms with Crippen LogP contribution in [0.2, 0.25) is 18.1 Å². The van der Waals surface area contributed by atoms with E-state index >= 15 is 0 Å². The minimum atomic E-state index is -1.63. The quantitative estimate of drug-likeness (QED) is 0.495. The smallest absolute Gasteiger partial charge is 0.192 e. The molecule has 0 aliphatic rings. The molecule has 4 nitrogen and oxygen atoms in total. The summed E-state index contributed by atoms with van der Waals surface area (Å²) < 4.78 is 21.6. The molecular weight excluding hydrogens is 359 g/mol. The number of aliphatic hydroxyl groups is 1. The highest BCUT2D eigenvalue weighted by molar-refractivity contribution is 6.74. The van der Waals surface area contributed by atoms with Crippen LogP contribution in [-0.4, -0.2) is 20.6 Å². The first-order valence-electron chi connectivity index (χ1n) is 9.46. The van der Waals surface area contributed by atoms with Crippen LogP contribution in [0.25, 0.3) is 0 Å². The minimum absolute atomic E-state index is 0.0836. The van der Waals surface area contributed by atoms with Gasteiger partial charge in [-0.25, -0.2) is 0 Å². The summed E-state index contributed by atoms with van der Waals surface area (Å²) in [5, 5.41) is 8.85. The Bertz CT molecular complexity index is 660. The van der Waals surface area contributed by atoms with E-state index < -0.39 is 15.5 Å². The fourth-order valence-electron chi connectivity index (χ4n) is 1.72. The van der Waals surface area contributed by atoms with Gasteiger partial charge in [0.15, 0.2) is 8.32 Å². The lowest BCUT2D eigenvalue weighted by Gasteiger charge is -2.36. The molecule has 2 aromatic carbocycles. The first-order valence-corrected chi connectivity index (χ1v) is 11.7. The monoisotopic (exact) mass is 395 g/mol. The third-order valence-electron chi connectivity index (χ3n) is 4.55. The molecule has 0 unspecified atom stereocenters. The summed E-state index contributed by atoms with van der Waals surface area (Å²) in [5.41, 5.74) is 14.7. The number of hydrogen-bond acceptors (Lipinski definition) is 4. The Morgan fingerprint density at radius 1 is 0.963 bits per heavy atom. The number of benzene rings is 2. The molecule has 0 aromatic heterocycles. The van der Waals surface area contributed by atoms with Crippen molar-refractivity contribution in [3.05, 3.63) is 59.7 Å². The Kier molecular flexibility index (Phi) is 10.1. The predicted octanol–water partition coefficient (Wildman–Crippen LogP) is 5.14. The first-order chi connectivity index (χ1) is 13.0. The van der Waals surface area contributed by atoms with Crippen molar-refractivity contribution in [2.24, 2.45) is 0 Å². The summed E-state index contributed by atoms with van der Waals surface area (Å²) in [5.74, 6) is 0. The van der Waals surface area contributed by atoms with E-state index in [0.29, 0.717) is 6.61 Å². The molecule has 0 heterocycles. The molecule has 2 rings (SSSR count). The van der Waals surface area contributed by atoms with Crippen LogP contribution >= 0.6 is 0 Å². The molecule has 5 N–H and O–H groups in total. The summed E-state index contributed by atoms with van der Waals surface area (Å²) in [4.78, 5) is 0. The Balaban J connectivity index is 0.000000509. The summed E-state index contributed by atoms with van der Waals surface area (Å²) in [6, 6.07) is 15.0. The highest BCUT2D eigenvalue weighted by Crippen LogP contribution is 2.37. The van der Waals surface area contributed by atoms with E-state index in [0.717, 1.165) is 16.9 Å². The molecular formula is C21H35FN2O2Si. The van der Waals surface area contributed by atoms with Gasteiger partial charge >= 0.3 is 0 Å². The number of nitrogen functional groups attached to an aromatic ring is 2. The molecule has 6 heteroatoms. The second-order valence-corrected chi connectivity index (χ2v) is 12.5. The molecule has 0 aliphatic carbocycles. The van der Waals surface area contributed by atoms with E-state index in [1.54, 1.807) is 24.3 Å². The van der Waals surface area contributed by atoms with E-state index in [9.17, 15) is 4.39 Å². The van der Waals surface area contributed by atoms with Crippen molar-refractivity contribution in [2.45, 2.75) is 52.1 Å². The molecule has 27 heavy (non-hydrogen) atoms. The third kappa shape index (κ3) is 9.56. The Hall–Kier alpha value is -1.89. The number of aliphatic hydroxyl groups excluding tert-OH is 1. The minimum Gasteiger partial charge on any atom is -0.413 e. The van der Waals surface area contributed by atoms with Gasteiger partial charge in [0.05, 0.1) is 21.7 Å². The molecule has 0 saturated carbocycles. The Labute approximate surface area is 165 Å². The summed E-state index contributed by atoms with van der Waals surface area (Å²) >= 11 is 0. The predicted molar refractivity (Wildman–Crippen MR) is 117 cm³/mol. The lowest BCUT2D eigenvalue weighted by atomic mass is 10.2. The van der Waals surface area contributed by atoms with Crippen molar-refractivity contribution in [3.63, 3.8) is 0 Å². The second kappa shape index (κ2) is 11.7. The molecule has 0 aliphatic heterocycles. The van der Waals surface area contributed by atoms with Gasteiger partial charge in [-0.15, -0.1) is 0 Å². The second-order valence-electron chi connectivity index (χ2n) is 7.69. The first kappa shape index (κ1) is 23.1. The maximum atomic E-state index is 9.96. The fourth-order valence-corrected chi connectivity index (χ4v) is 2.68. The van der Waals surface area contributed by atoms with Gasteiger partial charge in [0, 0.05) is 11.4 Å². The molecule has 0 fully saturated rings. The zero-order valence-corrected chi connectivity index (χ0v) is 18.1. The fraction of sp³-hybridized carbons (Fsp3) is 0.429. The molecule has 2 aromatic rings. The largest absolute Gasteiger partial charge is 0.413 e. The Morgan fingerprint density at radius 3 is 1.67 bits per heavy atom. The van der Waals surface area contributed by atoms with Crippen molar-refractivity contribution >= 4 is 19.7 Å². The highest BCUT2D eigenvalue weighted by Gasteiger charge is 2.36. The van der Waals surface area contributed by atoms with Crippen LogP contribution in [0.15, 0.2) is 48.5 Å². The van der Waals surface area contributed by atoms with Crippen molar-refractivity contribution in [3.8, 4) is 0 Å². The lowest BCUT2D eigenvalue weighted by molar-refractivity contribution is 0.276. The number of rotatable bonds is 4. The SMILES string of the molecule is CC(C)(C)[Si](C)(C)OCc1ccc(N)cc1.Nc1ccc(CO)cc1.[2H]CF. The van der Waals surface area contributed by atoms with E-state index in [2.05, 4.69) is 33.9 Å². The van der Waals surface area contributed by atoms with Crippen LogP contribution in [0, 0.1) is 0 Å². The van der Waals surface area contributed by atoms with Crippen molar-refractivity contribution in [1.29, 1.82) is 0 Å². The highest BCUT2D eigenvalue weighted by atomic mass is 28.4. The number of anilines is 2. The summed E-state index contributed by atoms with van der Waals surface area (Å²) in [6.07, 6.45) is 0. The van der Waals surface area contributed by atoms with Gasteiger partial charge in [0.2, 0.25) is 0 Å². The van der Waals surface area contributed by atoms with Gasteiger partial charge in [-0.2, -0.15) is 0 Å². The molecule has 152 valence electrons. The van der Waals surface area contributed by atoms with Crippen LogP contribution in [0.3, 0.4) is 0 Å². The third-order valence-corrected chi connectivity index (χ3v) is 9.03. The summed E-state index contributed by atoms with van der Waals surface area (Å²) in [6.45, 7) is 12.1. The van der Waals surface area contributed by atoms with Crippen LogP contribution in [0.1, 0.15) is 33.3 Å². The van der Waals surface area contributed by atoms with Gasteiger partial charge in [0.1, 0.15) is 0 Å².